The van der Waals surface area contributed by atoms with Crippen LogP contribution in [0.3, 0.4) is 0 Å². The van der Waals surface area contributed by atoms with E-state index < -0.39 is 0 Å². The average Bonchev–Trinajstić information content (AvgIpc) is 2.67. The fourth-order valence-corrected chi connectivity index (χ4v) is 3.26. The zero-order valence-corrected chi connectivity index (χ0v) is 16.8. The van der Waals surface area contributed by atoms with Gasteiger partial charge in [-0.15, -0.1) is 11.8 Å². The Labute approximate surface area is 162 Å². The first-order valence-corrected chi connectivity index (χ1v) is 10.5. The van der Waals surface area contributed by atoms with Crippen LogP contribution in [0.1, 0.15) is 52.4 Å². The molecule has 1 aromatic rings. The number of hydrogen-bond acceptors (Lipinski definition) is 5. The van der Waals surface area contributed by atoms with Crippen molar-refractivity contribution >= 4 is 29.6 Å². The van der Waals surface area contributed by atoms with Crippen molar-refractivity contribution in [2.45, 2.75) is 52.4 Å². The van der Waals surface area contributed by atoms with Gasteiger partial charge in [0.25, 0.3) is 0 Å². The molecule has 0 radical (unpaired) electrons. The van der Waals surface area contributed by atoms with E-state index in [1.54, 1.807) is 6.21 Å². The zero-order chi connectivity index (χ0) is 19.0. The lowest BCUT2D eigenvalue weighted by Crippen LogP contribution is -2.14. The van der Waals surface area contributed by atoms with Crippen LogP contribution in [0.15, 0.2) is 46.4 Å². The highest BCUT2D eigenvalue weighted by Gasteiger charge is 2.11. The van der Waals surface area contributed by atoms with E-state index in [-0.39, 0.29) is 5.97 Å². The lowest BCUT2D eigenvalue weighted by molar-refractivity contribution is -0.144. The number of nitrogens with zero attached hydrogens (tertiary/aromatic N) is 1. The molecule has 0 heterocycles. The number of carbonyl (C=O) groups excluding carboxylic acids is 1. The fourth-order valence-electron chi connectivity index (χ4n) is 2.53. The minimum Gasteiger partial charge on any atom is -0.465 e. The van der Waals surface area contributed by atoms with Gasteiger partial charge in [-0.1, -0.05) is 51.3 Å². The number of ether oxygens (including phenoxy) is 1. The van der Waals surface area contributed by atoms with Crippen LogP contribution in [0.4, 0.5) is 5.69 Å². The van der Waals surface area contributed by atoms with Crippen molar-refractivity contribution in [1.82, 2.24) is 0 Å². The molecule has 5 heteroatoms. The summed E-state index contributed by atoms with van der Waals surface area (Å²) in [5.41, 5.74) is 6.52. The van der Waals surface area contributed by atoms with Crippen molar-refractivity contribution in [2.75, 3.05) is 12.4 Å². The van der Waals surface area contributed by atoms with E-state index in [9.17, 15) is 4.79 Å². The van der Waals surface area contributed by atoms with Gasteiger partial charge in [-0.05, 0) is 30.9 Å². The van der Waals surface area contributed by atoms with Crippen LogP contribution in [0.2, 0.25) is 0 Å². The standard InChI is InChI=1S/C21H32N2O2S/c1-3-5-10-18(9-4-2)17-25-21(24)13-14-26-20(15-22)16-23-19-11-7-6-8-12-19/h6-8,11-12,15-16,18H,3-5,9-10,13-14,17,22H2,1-2H3. The van der Waals surface area contributed by atoms with Crippen LogP contribution in [-0.4, -0.2) is 24.5 Å². The number of hydrogen-bond donors (Lipinski definition) is 1. The number of rotatable bonds is 13. The molecule has 144 valence electrons. The van der Waals surface area contributed by atoms with Crippen molar-refractivity contribution in [3.63, 3.8) is 0 Å². The molecule has 0 fully saturated rings. The molecular formula is C21H32N2O2S. The highest BCUT2D eigenvalue weighted by atomic mass is 32.2. The summed E-state index contributed by atoms with van der Waals surface area (Å²) in [4.78, 5) is 17.2. The first-order valence-electron chi connectivity index (χ1n) is 9.49. The van der Waals surface area contributed by atoms with Gasteiger partial charge in [0.05, 0.1) is 18.7 Å². The van der Waals surface area contributed by atoms with E-state index in [1.165, 1.54) is 30.8 Å². The zero-order valence-electron chi connectivity index (χ0n) is 16.0. The van der Waals surface area contributed by atoms with E-state index in [4.69, 9.17) is 10.5 Å². The van der Waals surface area contributed by atoms with E-state index in [2.05, 4.69) is 18.8 Å². The van der Waals surface area contributed by atoms with Crippen molar-refractivity contribution in [3.05, 3.63) is 41.4 Å². The summed E-state index contributed by atoms with van der Waals surface area (Å²) in [7, 11) is 0. The lowest BCUT2D eigenvalue weighted by Gasteiger charge is -2.15. The van der Waals surface area contributed by atoms with E-state index in [0.29, 0.717) is 24.7 Å². The number of thioether (sulfide) groups is 1. The first kappa shape index (κ1) is 22.3. The molecule has 26 heavy (non-hydrogen) atoms. The summed E-state index contributed by atoms with van der Waals surface area (Å²) in [5, 5.41) is 0. The van der Waals surface area contributed by atoms with Gasteiger partial charge in [-0.2, -0.15) is 0 Å². The Bertz CT molecular complexity index is 558. The molecule has 0 amide bonds. The second-order valence-electron chi connectivity index (χ2n) is 6.24. The van der Waals surface area contributed by atoms with Gasteiger partial charge in [0.15, 0.2) is 0 Å². The Kier molecular flexibility index (Phi) is 12.4. The number of unbranched alkanes of at least 4 members (excludes halogenated alkanes) is 1. The molecule has 1 rings (SSSR count). The van der Waals surface area contributed by atoms with Gasteiger partial charge >= 0.3 is 5.97 Å². The lowest BCUT2D eigenvalue weighted by atomic mass is 9.98. The topological polar surface area (TPSA) is 64.7 Å². The highest BCUT2D eigenvalue weighted by Crippen LogP contribution is 2.18. The predicted octanol–water partition coefficient (Wildman–Crippen LogP) is 5.46. The van der Waals surface area contributed by atoms with Crippen LogP contribution in [0.25, 0.3) is 0 Å². The van der Waals surface area contributed by atoms with Gasteiger partial charge in [-0.25, -0.2) is 0 Å². The number of nitrogens with two attached hydrogens (primary N) is 1. The second-order valence-corrected chi connectivity index (χ2v) is 7.41. The smallest absolute Gasteiger partial charge is 0.306 e. The molecule has 0 bridgehead atoms. The molecule has 0 aliphatic carbocycles. The van der Waals surface area contributed by atoms with E-state index >= 15 is 0 Å². The third-order valence-electron chi connectivity index (χ3n) is 3.98. The highest BCUT2D eigenvalue weighted by molar-refractivity contribution is 8.03. The van der Waals surface area contributed by atoms with Crippen LogP contribution in [-0.2, 0) is 9.53 Å². The summed E-state index contributed by atoms with van der Waals surface area (Å²) in [6, 6.07) is 9.68. The Balaban J connectivity index is 2.29. The van der Waals surface area contributed by atoms with Crippen molar-refractivity contribution in [2.24, 2.45) is 16.6 Å². The SMILES string of the molecule is CCCCC(CCC)COC(=O)CCSC(C=Nc1ccccc1)=CN. The van der Waals surface area contributed by atoms with Crippen LogP contribution in [0, 0.1) is 5.92 Å². The minimum absolute atomic E-state index is 0.133. The maximum atomic E-state index is 12.0. The van der Waals surface area contributed by atoms with Gasteiger partial charge in [0, 0.05) is 23.1 Å². The monoisotopic (exact) mass is 376 g/mol. The average molecular weight is 377 g/mol. The van der Waals surface area contributed by atoms with Crippen molar-refractivity contribution in [3.8, 4) is 0 Å². The van der Waals surface area contributed by atoms with Gasteiger partial charge in [0.2, 0.25) is 0 Å². The van der Waals surface area contributed by atoms with Crippen molar-refractivity contribution < 1.29 is 9.53 Å². The number of allylic oxidation sites excluding steroid dienone is 1. The maximum Gasteiger partial charge on any atom is 0.306 e. The van der Waals surface area contributed by atoms with Crippen LogP contribution < -0.4 is 5.73 Å². The third-order valence-corrected chi connectivity index (χ3v) is 4.96. The minimum atomic E-state index is -0.133. The number of para-hydroxylation sites is 1. The Hall–Kier alpha value is -1.75. The predicted molar refractivity (Wildman–Crippen MR) is 113 cm³/mol. The first-order chi connectivity index (χ1) is 12.7. The van der Waals surface area contributed by atoms with Crippen LogP contribution in [0.5, 0.6) is 0 Å². The normalized spacial score (nSPS) is 13.1. The van der Waals surface area contributed by atoms with Crippen LogP contribution >= 0.6 is 11.8 Å². The third kappa shape index (κ3) is 10.3. The maximum absolute atomic E-state index is 12.0. The molecule has 4 nitrogen and oxygen atoms in total. The molecule has 1 aromatic carbocycles. The van der Waals surface area contributed by atoms with Crippen molar-refractivity contribution in [1.29, 1.82) is 0 Å². The molecule has 0 aromatic heterocycles. The quantitative estimate of drug-likeness (QED) is 0.366. The Morgan fingerprint density at radius 3 is 2.65 bits per heavy atom. The molecule has 2 N–H and O–H groups in total. The van der Waals surface area contributed by atoms with Gasteiger partial charge in [-0.3, -0.25) is 9.79 Å². The number of benzene rings is 1. The van der Waals surface area contributed by atoms with E-state index in [0.717, 1.165) is 29.9 Å². The summed E-state index contributed by atoms with van der Waals surface area (Å²) in [6.45, 7) is 4.91. The fraction of sp³-hybridized carbons (Fsp3) is 0.524. The molecular weight excluding hydrogens is 344 g/mol. The number of aliphatic imine (C=N–C) groups is 1. The second kappa shape index (κ2) is 14.4. The Morgan fingerprint density at radius 2 is 2.00 bits per heavy atom. The summed E-state index contributed by atoms with van der Waals surface area (Å²) in [6.07, 6.45) is 9.41. The number of esters is 1. The summed E-state index contributed by atoms with van der Waals surface area (Å²) in [5.74, 6) is 0.997. The summed E-state index contributed by atoms with van der Waals surface area (Å²) < 4.78 is 5.46. The number of carbonyl (C=O) groups is 1. The van der Waals surface area contributed by atoms with Gasteiger partial charge < -0.3 is 10.5 Å². The molecule has 0 aliphatic rings. The molecule has 1 atom stereocenters. The Morgan fingerprint density at radius 1 is 1.23 bits per heavy atom. The van der Waals surface area contributed by atoms with E-state index in [1.807, 2.05) is 30.3 Å². The molecule has 0 spiro atoms. The largest absolute Gasteiger partial charge is 0.465 e. The molecule has 0 saturated carbocycles. The molecule has 0 saturated heterocycles. The van der Waals surface area contributed by atoms with Gasteiger partial charge in [0.1, 0.15) is 0 Å². The summed E-state index contributed by atoms with van der Waals surface area (Å²) >= 11 is 1.51. The molecule has 0 aliphatic heterocycles. The molecule has 1 unspecified atom stereocenters.